The van der Waals surface area contributed by atoms with Crippen LogP contribution in [0.2, 0.25) is 0 Å². The second kappa shape index (κ2) is 10.7. The van der Waals surface area contributed by atoms with Gasteiger partial charge in [-0.05, 0) is 61.4 Å². The first kappa shape index (κ1) is 23.7. The van der Waals surface area contributed by atoms with Crippen molar-refractivity contribution in [2.45, 2.75) is 70.2 Å². The highest BCUT2D eigenvalue weighted by molar-refractivity contribution is 7.10. The molecular formula is C24H30N6O4S. The first-order valence-corrected chi connectivity index (χ1v) is 13.0. The van der Waals surface area contributed by atoms with Crippen LogP contribution in [0, 0.1) is 6.92 Å². The normalized spacial score (nSPS) is 19.2. The lowest BCUT2D eigenvalue weighted by molar-refractivity contribution is -0.143. The molecule has 0 spiro atoms. The van der Waals surface area contributed by atoms with Gasteiger partial charge in [-0.3, -0.25) is 9.59 Å². The number of furan rings is 1. The molecule has 3 aromatic heterocycles. The molecule has 0 aromatic carbocycles. The first-order chi connectivity index (χ1) is 17.1. The van der Waals surface area contributed by atoms with Crippen LogP contribution in [0.3, 0.4) is 0 Å². The smallest absolute Gasteiger partial charge is 0.248 e. The molecule has 1 saturated carbocycles. The van der Waals surface area contributed by atoms with E-state index >= 15 is 0 Å². The van der Waals surface area contributed by atoms with Crippen LogP contribution in [0.15, 0.2) is 34.1 Å². The third kappa shape index (κ3) is 5.62. The zero-order valence-corrected chi connectivity index (χ0v) is 20.6. The summed E-state index contributed by atoms with van der Waals surface area (Å²) in [5, 5.41) is 17.5. The van der Waals surface area contributed by atoms with Crippen molar-refractivity contribution in [3.05, 3.63) is 40.3 Å². The SMILES string of the molecule is Cc1ccc(-c2nnn(CC(=O)N(C[C@H]3CCCO3)[C@@H](C(=O)NC3CCCC3)c3cccs3)n2)o1. The molecule has 0 unspecified atom stereocenters. The van der Waals surface area contributed by atoms with Crippen LogP contribution in [0.4, 0.5) is 0 Å². The Kier molecular flexibility index (Phi) is 7.24. The maximum absolute atomic E-state index is 13.7. The molecule has 0 radical (unpaired) electrons. The summed E-state index contributed by atoms with van der Waals surface area (Å²) in [5.41, 5.74) is 0. The molecule has 1 aliphatic heterocycles. The number of amides is 2. The fraction of sp³-hybridized carbons (Fsp3) is 0.542. The van der Waals surface area contributed by atoms with E-state index in [1.165, 1.54) is 16.1 Å². The topological polar surface area (TPSA) is 115 Å². The summed E-state index contributed by atoms with van der Waals surface area (Å²) in [7, 11) is 0. The van der Waals surface area contributed by atoms with E-state index in [0.717, 1.165) is 49.2 Å². The maximum atomic E-state index is 13.7. The fourth-order valence-corrected chi connectivity index (χ4v) is 5.59. The molecular weight excluding hydrogens is 468 g/mol. The van der Waals surface area contributed by atoms with Gasteiger partial charge < -0.3 is 19.4 Å². The van der Waals surface area contributed by atoms with Crippen molar-refractivity contribution in [1.82, 2.24) is 30.4 Å². The predicted molar refractivity (Wildman–Crippen MR) is 128 cm³/mol. The molecule has 1 aliphatic carbocycles. The molecule has 2 aliphatic rings. The van der Waals surface area contributed by atoms with E-state index in [4.69, 9.17) is 9.15 Å². The van der Waals surface area contributed by atoms with Crippen molar-refractivity contribution in [2.24, 2.45) is 0 Å². The third-order valence-corrected chi connectivity index (χ3v) is 7.43. The van der Waals surface area contributed by atoms with Crippen LogP contribution in [0.25, 0.3) is 11.6 Å². The summed E-state index contributed by atoms with van der Waals surface area (Å²) >= 11 is 1.47. The number of tetrazole rings is 1. The Morgan fingerprint density at radius 2 is 2.09 bits per heavy atom. The van der Waals surface area contributed by atoms with Gasteiger partial charge >= 0.3 is 0 Å². The van der Waals surface area contributed by atoms with E-state index in [2.05, 4.69) is 20.7 Å². The molecule has 2 atom stereocenters. The van der Waals surface area contributed by atoms with Crippen molar-refractivity contribution in [2.75, 3.05) is 13.2 Å². The Labute approximate surface area is 207 Å². The summed E-state index contributed by atoms with van der Waals surface area (Å²) in [6, 6.07) is 6.82. The maximum Gasteiger partial charge on any atom is 0.248 e. The van der Waals surface area contributed by atoms with Crippen LogP contribution >= 0.6 is 11.3 Å². The van der Waals surface area contributed by atoms with E-state index in [1.807, 2.05) is 30.5 Å². The zero-order valence-electron chi connectivity index (χ0n) is 19.8. The van der Waals surface area contributed by atoms with Crippen molar-refractivity contribution >= 4 is 23.2 Å². The van der Waals surface area contributed by atoms with Crippen molar-refractivity contribution in [3.8, 4) is 11.6 Å². The summed E-state index contributed by atoms with van der Waals surface area (Å²) in [6.07, 6.45) is 5.87. The summed E-state index contributed by atoms with van der Waals surface area (Å²) in [4.78, 5) is 30.9. The molecule has 1 saturated heterocycles. The minimum atomic E-state index is -0.733. The van der Waals surface area contributed by atoms with Gasteiger partial charge in [0.25, 0.3) is 0 Å². The molecule has 2 fully saturated rings. The number of carbonyl (C=O) groups is 2. The van der Waals surface area contributed by atoms with Gasteiger partial charge in [0.2, 0.25) is 17.6 Å². The van der Waals surface area contributed by atoms with E-state index in [9.17, 15) is 9.59 Å². The number of aryl methyl sites for hydroxylation is 1. The average Bonchev–Trinajstić information content (AvgIpc) is 3.65. The molecule has 2 amide bonds. The first-order valence-electron chi connectivity index (χ1n) is 12.2. The molecule has 4 heterocycles. The number of nitrogens with zero attached hydrogens (tertiary/aromatic N) is 5. The minimum Gasteiger partial charge on any atom is -0.458 e. The van der Waals surface area contributed by atoms with Gasteiger partial charge in [0.1, 0.15) is 18.3 Å². The second-order valence-corrected chi connectivity index (χ2v) is 10.1. The van der Waals surface area contributed by atoms with E-state index in [1.54, 1.807) is 11.0 Å². The lowest BCUT2D eigenvalue weighted by Crippen LogP contribution is -2.49. The van der Waals surface area contributed by atoms with Gasteiger partial charge in [0, 0.05) is 24.1 Å². The third-order valence-electron chi connectivity index (χ3n) is 6.51. The molecule has 1 N–H and O–H groups in total. The number of thiophene rings is 1. The average molecular weight is 499 g/mol. The highest BCUT2D eigenvalue weighted by Gasteiger charge is 2.36. The number of nitrogens with one attached hydrogen (secondary N) is 1. The van der Waals surface area contributed by atoms with Crippen LogP contribution in [0.1, 0.15) is 55.2 Å². The number of ether oxygens (including phenoxy) is 1. The monoisotopic (exact) mass is 498 g/mol. The standard InChI is InChI=1S/C24H30N6O4S/c1-16-10-11-19(34-16)23-26-28-30(27-23)15-21(31)29(14-18-8-4-12-33-18)22(20-9-5-13-35-20)24(32)25-17-6-2-3-7-17/h5,9-11,13,17-18,22H,2-4,6-8,12,14-15H2,1H3,(H,25,32)/t18-,22-/m1/s1. The summed E-state index contributed by atoms with van der Waals surface area (Å²) < 4.78 is 11.4. The quantitative estimate of drug-likeness (QED) is 0.482. The fourth-order valence-electron chi connectivity index (χ4n) is 4.76. The lowest BCUT2D eigenvalue weighted by atomic mass is 10.1. The number of rotatable bonds is 9. The molecule has 3 aromatic rings. The van der Waals surface area contributed by atoms with Gasteiger partial charge in [-0.1, -0.05) is 18.9 Å². The lowest BCUT2D eigenvalue weighted by Gasteiger charge is -2.32. The Hall–Kier alpha value is -3.05. The largest absolute Gasteiger partial charge is 0.458 e. The van der Waals surface area contributed by atoms with E-state index in [-0.39, 0.29) is 30.5 Å². The van der Waals surface area contributed by atoms with Gasteiger partial charge in [-0.25, -0.2) is 0 Å². The summed E-state index contributed by atoms with van der Waals surface area (Å²) in [5.74, 6) is 1.13. The molecule has 5 rings (SSSR count). The van der Waals surface area contributed by atoms with Gasteiger partial charge in [0.15, 0.2) is 5.76 Å². The highest BCUT2D eigenvalue weighted by atomic mass is 32.1. The molecule has 0 bridgehead atoms. The van der Waals surface area contributed by atoms with E-state index in [0.29, 0.717) is 24.7 Å². The number of hydrogen-bond acceptors (Lipinski definition) is 8. The zero-order chi connectivity index (χ0) is 24.2. The number of hydrogen-bond donors (Lipinski definition) is 1. The Morgan fingerprint density at radius 3 is 2.77 bits per heavy atom. The van der Waals surface area contributed by atoms with Crippen molar-refractivity contribution in [3.63, 3.8) is 0 Å². The predicted octanol–water partition coefficient (Wildman–Crippen LogP) is 3.11. The van der Waals surface area contributed by atoms with Gasteiger partial charge in [-0.15, -0.1) is 21.5 Å². The van der Waals surface area contributed by atoms with Gasteiger partial charge in [-0.2, -0.15) is 4.80 Å². The van der Waals surface area contributed by atoms with Crippen LogP contribution in [-0.2, 0) is 20.9 Å². The number of aromatic nitrogens is 4. The van der Waals surface area contributed by atoms with Crippen molar-refractivity contribution < 1.29 is 18.7 Å². The highest BCUT2D eigenvalue weighted by Crippen LogP contribution is 2.29. The number of carbonyl (C=O) groups excluding carboxylic acids is 2. The summed E-state index contributed by atoms with van der Waals surface area (Å²) in [6.45, 7) is 2.69. The molecule has 11 heteroatoms. The molecule has 186 valence electrons. The molecule has 10 nitrogen and oxygen atoms in total. The van der Waals surface area contributed by atoms with E-state index < -0.39 is 6.04 Å². The Bertz CT molecular complexity index is 1130. The van der Waals surface area contributed by atoms with Crippen molar-refractivity contribution in [1.29, 1.82) is 0 Å². The Balaban J connectivity index is 1.39. The second-order valence-electron chi connectivity index (χ2n) is 9.14. The minimum absolute atomic E-state index is 0.106. The van der Waals surface area contributed by atoms with Crippen LogP contribution in [0.5, 0.6) is 0 Å². The van der Waals surface area contributed by atoms with Gasteiger partial charge in [0.05, 0.1) is 6.10 Å². The van der Waals surface area contributed by atoms with Crippen LogP contribution in [-0.4, -0.2) is 62.2 Å². The van der Waals surface area contributed by atoms with Crippen LogP contribution < -0.4 is 5.32 Å². The molecule has 35 heavy (non-hydrogen) atoms. The Morgan fingerprint density at radius 1 is 1.23 bits per heavy atom.